The molecule has 0 aliphatic carbocycles. The number of nitrogens with zero attached hydrogens (tertiary/aromatic N) is 5. The van der Waals surface area contributed by atoms with Gasteiger partial charge in [0.2, 0.25) is 5.95 Å². The molecule has 9 nitrogen and oxygen atoms in total. The van der Waals surface area contributed by atoms with Crippen LogP contribution in [0.5, 0.6) is 0 Å². The van der Waals surface area contributed by atoms with Crippen molar-refractivity contribution in [2.75, 3.05) is 28.6 Å². The van der Waals surface area contributed by atoms with Gasteiger partial charge < -0.3 is 30.3 Å². The zero-order valence-electron chi connectivity index (χ0n) is 19.7. The lowest BCUT2D eigenvalue weighted by Gasteiger charge is -2.30. The van der Waals surface area contributed by atoms with E-state index in [2.05, 4.69) is 51.1 Å². The lowest BCUT2D eigenvalue weighted by Crippen LogP contribution is -2.40. The van der Waals surface area contributed by atoms with Gasteiger partial charge in [-0.25, -0.2) is 4.98 Å². The number of nitrogens with two attached hydrogens (primary N) is 1. The van der Waals surface area contributed by atoms with Crippen LogP contribution >= 0.6 is 0 Å². The van der Waals surface area contributed by atoms with E-state index in [-0.39, 0.29) is 12.1 Å². The molecule has 0 bridgehead atoms. The highest BCUT2D eigenvalue weighted by Crippen LogP contribution is 2.27. The fourth-order valence-electron chi connectivity index (χ4n) is 4.26. The van der Waals surface area contributed by atoms with Gasteiger partial charge in [0, 0.05) is 49.5 Å². The number of hydrogen-bond acceptors (Lipinski definition) is 8. The van der Waals surface area contributed by atoms with E-state index < -0.39 is 0 Å². The number of benzene rings is 1. The first kappa shape index (κ1) is 22.2. The molecule has 0 atom stereocenters. The standard InChI is InChI=1S/C25H32N8O/c1-17(2)33-16-29-22-23(30-25(31-24(22)33)32-10-7-20(26)8-11-32)28-14-19-5-3-4-6-21(19)27-13-18-9-12-34-15-18/h3-6,9,12,15-17,20,27H,7-8,10-11,13-14,26H2,1-2H3,(H,28,30,31). The van der Waals surface area contributed by atoms with Crippen LogP contribution in [0.15, 0.2) is 53.6 Å². The highest BCUT2D eigenvalue weighted by atomic mass is 16.3. The summed E-state index contributed by atoms with van der Waals surface area (Å²) in [6.07, 6.45) is 7.19. The quantitative estimate of drug-likeness (QED) is 0.360. The first-order valence-electron chi connectivity index (χ1n) is 11.9. The van der Waals surface area contributed by atoms with Crippen molar-refractivity contribution in [2.45, 2.75) is 51.9 Å². The number of piperidine rings is 1. The molecule has 0 unspecified atom stereocenters. The predicted molar refractivity (Wildman–Crippen MR) is 135 cm³/mol. The third-order valence-corrected chi connectivity index (χ3v) is 6.32. The van der Waals surface area contributed by atoms with Gasteiger partial charge in [0.15, 0.2) is 17.0 Å². The van der Waals surface area contributed by atoms with Gasteiger partial charge in [-0.15, -0.1) is 0 Å². The summed E-state index contributed by atoms with van der Waals surface area (Å²) in [5.41, 5.74) is 11.1. The van der Waals surface area contributed by atoms with Gasteiger partial charge in [0.25, 0.3) is 0 Å². The first-order chi connectivity index (χ1) is 16.6. The topological polar surface area (TPSA) is 110 Å². The predicted octanol–water partition coefficient (Wildman–Crippen LogP) is 4.15. The Balaban J connectivity index is 1.41. The largest absolute Gasteiger partial charge is 0.472 e. The molecule has 0 radical (unpaired) electrons. The molecule has 34 heavy (non-hydrogen) atoms. The highest BCUT2D eigenvalue weighted by Gasteiger charge is 2.22. The molecule has 9 heteroatoms. The molecular weight excluding hydrogens is 428 g/mol. The van der Waals surface area contributed by atoms with Crippen LogP contribution in [0, 0.1) is 0 Å². The number of para-hydroxylation sites is 1. The van der Waals surface area contributed by atoms with E-state index in [0.717, 1.165) is 65.7 Å². The fraction of sp³-hybridized carbons (Fsp3) is 0.400. The van der Waals surface area contributed by atoms with Crippen molar-refractivity contribution in [1.29, 1.82) is 0 Å². The van der Waals surface area contributed by atoms with Crippen molar-refractivity contribution in [1.82, 2.24) is 19.5 Å². The van der Waals surface area contributed by atoms with Crippen LogP contribution in [0.4, 0.5) is 17.5 Å². The van der Waals surface area contributed by atoms with Crippen LogP contribution in [0.1, 0.15) is 43.9 Å². The average Bonchev–Trinajstić information content (AvgIpc) is 3.52. The van der Waals surface area contributed by atoms with Gasteiger partial charge in [0.1, 0.15) is 0 Å². The van der Waals surface area contributed by atoms with E-state index in [1.54, 1.807) is 12.5 Å². The lowest BCUT2D eigenvalue weighted by atomic mass is 10.1. The number of imidazole rings is 1. The highest BCUT2D eigenvalue weighted by molar-refractivity contribution is 5.84. The Kier molecular flexibility index (Phi) is 6.35. The number of nitrogens with one attached hydrogen (secondary N) is 2. The number of hydrogen-bond donors (Lipinski definition) is 3. The second kappa shape index (κ2) is 9.72. The van der Waals surface area contributed by atoms with Crippen LogP contribution in [-0.2, 0) is 13.1 Å². The van der Waals surface area contributed by atoms with Gasteiger partial charge in [-0.2, -0.15) is 9.97 Å². The van der Waals surface area contributed by atoms with Crippen molar-refractivity contribution in [3.05, 3.63) is 60.3 Å². The van der Waals surface area contributed by atoms with E-state index in [1.165, 1.54) is 0 Å². The summed E-state index contributed by atoms with van der Waals surface area (Å²) in [7, 11) is 0. The molecule has 1 aromatic carbocycles. The number of anilines is 3. The van der Waals surface area contributed by atoms with Gasteiger partial charge in [0.05, 0.1) is 18.9 Å². The van der Waals surface area contributed by atoms with E-state index in [4.69, 9.17) is 20.1 Å². The van der Waals surface area contributed by atoms with Gasteiger partial charge >= 0.3 is 0 Å². The second-order valence-electron chi connectivity index (χ2n) is 9.11. The molecule has 5 rings (SSSR count). The Morgan fingerprint density at radius 1 is 1.09 bits per heavy atom. The summed E-state index contributed by atoms with van der Waals surface area (Å²) >= 11 is 0. The molecule has 4 N–H and O–H groups in total. The zero-order chi connectivity index (χ0) is 23.5. The van der Waals surface area contributed by atoms with E-state index in [1.807, 2.05) is 24.5 Å². The van der Waals surface area contributed by atoms with Gasteiger partial charge in [-0.3, -0.25) is 0 Å². The molecule has 1 aliphatic heterocycles. The summed E-state index contributed by atoms with van der Waals surface area (Å²) < 4.78 is 7.28. The molecule has 4 heterocycles. The Morgan fingerprint density at radius 3 is 2.68 bits per heavy atom. The minimum atomic E-state index is 0.253. The monoisotopic (exact) mass is 460 g/mol. The molecular formula is C25H32N8O. The molecule has 0 amide bonds. The summed E-state index contributed by atoms with van der Waals surface area (Å²) in [6.45, 7) is 7.31. The summed E-state index contributed by atoms with van der Waals surface area (Å²) in [5.74, 6) is 1.48. The minimum absolute atomic E-state index is 0.253. The average molecular weight is 461 g/mol. The van der Waals surface area contributed by atoms with Crippen LogP contribution in [0.25, 0.3) is 11.2 Å². The Labute approximate surface area is 199 Å². The van der Waals surface area contributed by atoms with Crippen molar-refractivity contribution in [3.8, 4) is 0 Å². The molecule has 0 saturated carbocycles. The zero-order valence-corrected chi connectivity index (χ0v) is 19.7. The van der Waals surface area contributed by atoms with Crippen LogP contribution in [-0.4, -0.2) is 38.7 Å². The van der Waals surface area contributed by atoms with Gasteiger partial charge in [-0.1, -0.05) is 18.2 Å². The summed E-state index contributed by atoms with van der Waals surface area (Å²) in [5, 5.41) is 7.04. The maximum atomic E-state index is 6.12. The molecule has 4 aromatic rings. The van der Waals surface area contributed by atoms with Crippen LogP contribution < -0.4 is 21.3 Å². The van der Waals surface area contributed by atoms with Crippen molar-refractivity contribution in [2.24, 2.45) is 5.73 Å². The molecule has 1 fully saturated rings. The maximum absolute atomic E-state index is 6.12. The fourth-order valence-corrected chi connectivity index (χ4v) is 4.26. The third kappa shape index (κ3) is 4.70. The maximum Gasteiger partial charge on any atom is 0.229 e. The number of furan rings is 1. The van der Waals surface area contributed by atoms with E-state index >= 15 is 0 Å². The normalized spacial score (nSPS) is 14.8. The van der Waals surface area contributed by atoms with Gasteiger partial charge in [-0.05, 0) is 44.4 Å². The number of fused-ring (bicyclic) bond motifs is 1. The molecule has 1 aliphatic rings. The summed E-state index contributed by atoms with van der Waals surface area (Å²) in [4.78, 5) is 16.7. The Hall–Kier alpha value is -3.59. The smallest absolute Gasteiger partial charge is 0.229 e. The lowest BCUT2D eigenvalue weighted by molar-refractivity contribution is 0.495. The number of aromatic nitrogens is 4. The summed E-state index contributed by atoms with van der Waals surface area (Å²) in [6, 6.07) is 10.8. The van der Waals surface area contributed by atoms with Crippen LogP contribution in [0.3, 0.4) is 0 Å². The Morgan fingerprint density at radius 2 is 1.91 bits per heavy atom. The van der Waals surface area contributed by atoms with E-state index in [0.29, 0.717) is 13.1 Å². The molecule has 0 spiro atoms. The number of rotatable bonds is 8. The van der Waals surface area contributed by atoms with Crippen molar-refractivity contribution in [3.63, 3.8) is 0 Å². The van der Waals surface area contributed by atoms with Crippen LogP contribution in [0.2, 0.25) is 0 Å². The third-order valence-electron chi connectivity index (χ3n) is 6.32. The first-order valence-corrected chi connectivity index (χ1v) is 11.9. The second-order valence-corrected chi connectivity index (χ2v) is 9.11. The molecule has 1 saturated heterocycles. The molecule has 3 aromatic heterocycles. The minimum Gasteiger partial charge on any atom is -0.472 e. The van der Waals surface area contributed by atoms with Crippen molar-refractivity contribution >= 4 is 28.6 Å². The van der Waals surface area contributed by atoms with E-state index in [9.17, 15) is 0 Å². The molecule has 178 valence electrons. The Bertz CT molecular complexity index is 1230. The SMILES string of the molecule is CC(C)n1cnc2c(NCc3ccccc3NCc3ccoc3)nc(N3CCC(N)CC3)nc21. The van der Waals surface area contributed by atoms with Crippen molar-refractivity contribution < 1.29 is 4.42 Å².